The van der Waals surface area contributed by atoms with Crippen molar-refractivity contribution in [3.63, 3.8) is 0 Å². The molecule has 1 aliphatic heterocycles. The Hall–Kier alpha value is 0.0400. The highest BCUT2D eigenvalue weighted by atomic mass is 33.1. The molecule has 0 aromatic rings. The van der Waals surface area contributed by atoms with Crippen LogP contribution in [0.15, 0.2) is 0 Å². The third kappa shape index (κ3) is 1.97. The maximum atomic E-state index is 12.4. The maximum Gasteiger partial charge on any atom is 0.135 e. The Morgan fingerprint density at radius 1 is 1.08 bits per heavy atom. The molecule has 0 aromatic heterocycles. The van der Waals surface area contributed by atoms with Gasteiger partial charge in [0.15, 0.2) is 0 Å². The van der Waals surface area contributed by atoms with E-state index < -0.39 is 0 Å². The molecule has 2 nitrogen and oxygen atoms in total. The van der Waals surface area contributed by atoms with Crippen molar-refractivity contribution in [1.29, 1.82) is 0 Å². The van der Waals surface area contributed by atoms with Gasteiger partial charge in [0.1, 0.15) is 11.6 Å². The number of carbonyl (C=O) groups excluding carboxylic acids is 2. The van der Waals surface area contributed by atoms with Crippen molar-refractivity contribution in [2.75, 3.05) is 0 Å². The zero-order chi connectivity index (χ0) is 17.6. The first-order valence-electron chi connectivity index (χ1n) is 10.2. The molecule has 0 aromatic carbocycles. The van der Waals surface area contributed by atoms with Gasteiger partial charge in [-0.25, -0.2) is 0 Å². The summed E-state index contributed by atoms with van der Waals surface area (Å²) in [6.07, 6.45) is 9.02. The van der Waals surface area contributed by atoms with Crippen molar-refractivity contribution in [2.45, 2.75) is 82.1 Å². The summed E-state index contributed by atoms with van der Waals surface area (Å²) in [4.78, 5) is 24.6. The molecule has 138 valence electrons. The van der Waals surface area contributed by atoms with Crippen molar-refractivity contribution < 1.29 is 9.59 Å². The molecule has 0 N–H and O–H groups in total. The summed E-state index contributed by atoms with van der Waals surface area (Å²) in [6.45, 7) is 6.80. The van der Waals surface area contributed by atoms with Crippen molar-refractivity contribution >= 4 is 33.2 Å². The van der Waals surface area contributed by atoms with Gasteiger partial charge in [-0.3, -0.25) is 9.59 Å². The van der Waals surface area contributed by atoms with Crippen molar-refractivity contribution in [2.24, 2.45) is 34.5 Å². The molecule has 5 rings (SSSR count). The van der Waals surface area contributed by atoms with Crippen molar-refractivity contribution in [3.05, 3.63) is 0 Å². The first-order chi connectivity index (χ1) is 11.8. The second kappa shape index (κ2) is 5.31. The van der Waals surface area contributed by atoms with Gasteiger partial charge >= 0.3 is 0 Å². The maximum absolute atomic E-state index is 12.4. The van der Waals surface area contributed by atoms with Gasteiger partial charge in [-0.15, -0.1) is 0 Å². The number of ketones is 2. The van der Waals surface area contributed by atoms with E-state index in [0.29, 0.717) is 28.1 Å². The van der Waals surface area contributed by atoms with Crippen LogP contribution in [-0.2, 0) is 9.59 Å². The monoisotopic (exact) mass is 378 g/mol. The summed E-state index contributed by atoms with van der Waals surface area (Å²) in [6, 6.07) is 0. The van der Waals surface area contributed by atoms with Crippen LogP contribution in [-0.4, -0.2) is 21.6 Å². The van der Waals surface area contributed by atoms with Crippen molar-refractivity contribution in [3.8, 4) is 0 Å². The molecule has 25 heavy (non-hydrogen) atoms. The lowest BCUT2D eigenvalue weighted by Gasteiger charge is -2.63. The Kier molecular flexibility index (Phi) is 3.64. The third-order valence-electron chi connectivity index (χ3n) is 9.45. The molecular formula is C21H30O2S2. The van der Waals surface area contributed by atoms with E-state index in [1.807, 2.05) is 17.7 Å². The molecule has 5 fully saturated rings. The minimum absolute atomic E-state index is 0.213. The first kappa shape index (κ1) is 17.2. The fourth-order valence-electron chi connectivity index (χ4n) is 8.17. The topological polar surface area (TPSA) is 34.1 Å². The van der Waals surface area contributed by atoms with E-state index >= 15 is 0 Å². The van der Waals surface area contributed by atoms with Gasteiger partial charge in [0, 0.05) is 28.8 Å². The smallest absolute Gasteiger partial charge is 0.135 e. The fourth-order valence-corrected chi connectivity index (χ4v) is 13.0. The van der Waals surface area contributed by atoms with Crippen LogP contribution in [0.4, 0.5) is 0 Å². The van der Waals surface area contributed by atoms with E-state index in [0.717, 1.165) is 37.0 Å². The molecule has 4 heteroatoms. The molecule has 1 saturated heterocycles. The Labute approximate surface area is 159 Å². The minimum Gasteiger partial charge on any atom is -0.300 e. The summed E-state index contributed by atoms with van der Waals surface area (Å²) >= 11 is 0. The van der Waals surface area contributed by atoms with E-state index in [-0.39, 0.29) is 10.2 Å². The Morgan fingerprint density at radius 2 is 1.88 bits per heavy atom. The first-order valence-corrected chi connectivity index (χ1v) is 12.4. The molecule has 4 aliphatic carbocycles. The molecule has 4 saturated carbocycles. The van der Waals surface area contributed by atoms with Crippen LogP contribution in [0.25, 0.3) is 0 Å². The standard InChI is InChI=1S/C21H30O2S2/c1-12(22)15-4-5-16-14-6-9-21-11-13(23)10-18(24-25-21)20(21,3)17(14)7-8-19(15,16)2/h14-18H,4-11H2,1-3H3/t14-,15+,16-,17-,18-,19+,20-,21+/m0/s1. The van der Waals surface area contributed by atoms with E-state index in [2.05, 4.69) is 24.6 Å². The van der Waals surface area contributed by atoms with Gasteiger partial charge in [0.25, 0.3) is 0 Å². The fraction of sp³-hybridized carbons (Fsp3) is 0.905. The normalized spacial score (nSPS) is 56.9. The van der Waals surface area contributed by atoms with Gasteiger partial charge in [0.2, 0.25) is 0 Å². The average Bonchev–Trinajstić information content (AvgIpc) is 2.96. The molecule has 0 spiro atoms. The van der Waals surface area contributed by atoms with Gasteiger partial charge in [0.05, 0.1) is 0 Å². The van der Waals surface area contributed by atoms with Crippen LogP contribution in [0.1, 0.15) is 72.1 Å². The summed E-state index contributed by atoms with van der Waals surface area (Å²) in [7, 11) is 4.11. The lowest BCUT2D eigenvalue weighted by Crippen LogP contribution is -2.62. The zero-order valence-corrected chi connectivity index (χ0v) is 17.3. The lowest BCUT2D eigenvalue weighted by atomic mass is 9.44. The largest absolute Gasteiger partial charge is 0.300 e. The highest BCUT2D eigenvalue weighted by Gasteiger charge is 2.70. The average molecular weight is 379 g/mol. The van der Waals surface area contributed by atoms with Gasteiger partial charge < -0.3 is 0 Å². The number of hydrogen-bond donors (Lipinski definition) is 0. The second-order valence-electron chi connectivity index (χ2n) is 10.1. The van der Waals surface area contributed by atoms with Gasteiger partial charge in [-0.2, -0.15) is 0 Å². The zero-order valence-electron chi connectivity index (χ0n) is 15.7. The molecule has 1 heterocycles. The van der Waals surface area contributed by atoms with E-state index in [9.17, 15) is 9.59 Å². The summed E-state index contributed by atoms with van der Waals surface area (Å²) in [5, 5.41) is 0.529. The Balaban J connectivity index is 1.52. The molecule has 0 unspecified atom stereocenters. The molecule has 5 aliphatic rings. The van der Waals surface area contributed by atoms with Crippen LogP contribution in [0.2, 0.25) is 0 Å². The number of Topliss-reactive ketones (excluding diaryl/α,β-unsaturated/α-hetero) is 2. The lowest BCUT2D eigenvalue weighted by molar-refractivity contribution is -0.137. The van der Waals surface area contributed by atoms with E-state index in [1.165, 1.54) is 32.1 Å². The number of rotatable bonds is 1. The summed E-state index contributed by atoms with van der Waals surface area (Å²) in [5.74, 6) is 3.53. The van der Waals surface area contributed by atoms with Crippen LogP contribution in [0, 0.1) is 34.5 Å². The summed E-state index contributed by atoms with van der Waals surface area (Å²) < 4.78 is 0.213. The Morgan fingerprint density at radius 3 is 2.64 bits per heavy atom. The van der Waals surface area contributed by atoms with Crippen LogP contribution in [0.5, 0.6) is 0 Å². The predicted molar refractivity (Wildman–Crippen MR) is 104 cm³/mol. The molecule has 0 amide bonds. The summed E-state index contributed by atoms with van der Waals surface area (Å²) in [5.41, 5.74) is 0.576. The van der Waals surface area contributed by atoms with E-state index in [4.69, 9.17) is 0 Å². The Bertz CT molecular complexity index is 648. The molecule has 0 radical (unpaired) electrons. The quantitative estimate of drug-likeness (QED) is 0.580. The molecule has 2 bridgehead atoms. The number of fused-ring (bicyclic) bond motifs is 3. The SMILES string of the molecule is CC(=O)[C@H]1CC[C@H]2[C@@H]3CC[C@]45CC(=O)C[C@H](SS4)[C@]5(C)[C@H]3CC[C@]12C. The molecule has 8 atom stereocenters. The second-order valence-corrected chi connectivity index (χ2v) is 12.9. The predicted octanol–water partition coefficient (Wildman–Crippen LogP) is 5.30. The highest BCUT2D eigenvalue weighted by Crippen LogP contribution is 2.77. The van der Waals surface area contributed by atoms with E-state index in [1.54, 1.807) is 0 Å². The number of hydrogen-bond acceptors (Lipinski definition) is 4. The third-order valence-corrected chi connectivity index (χ3v) is 13.5. The van der Waals surface area contributed by atoms with Gasteiger partial charge in [-0.05, 0) is 74.0 Å². The van der Waals surface area contributed by atoms with Crippen molar-refractivity contribution in [1.82, 2.24) is 0 Å². The van der Waals surface area contributed by atoms with Crippen LogP contribution < -0.4 is 0 Å². The van der Waals surface area contributed by atoms with Gasteiger partial charge in [-0.1, -0.05) is 35.4 Å². The molecular weight excluding hydrogens is 348 g/mol. The minimum atomic E-state index is 0.213. The van der Waals surface area contributed by atoms with Crippen LogP contribution >= 0.6 is 21.6 Å². The highest BCUT2D eigenvalue weighted by molar-refractivity contribution is 8.78. The van der Waals surface area contributed by atoms with Crippen LogP contribution in [0.3, 0.4) is 0 Å². The number of carbonyl (C=O) groups is 2.